The summed E-state index contributed by atoms with van der Waals surface area (Å²) in [5, 5.41) is 0. The van der Waals surface area contributed by atoms with Gasteiger partial charge in [-0.05, 0) is 55.4 Å². The molecule has 4 nitrogen and oxygen atoms in total. The van der Waals surface area contributed by atoms with Crippen LogP contribution in [0.15, 0.2) is 16.6 Å². The van der Waals surface area contributed by atoms with Crippen molar-refractivity contribution in [1.29, 1.82) is 0 Å². The molecule has 1 amide bonds. The summed E-state index contributed by atoms with van der Waals surface area (Å²) in [6.45, 7) is 1.81. The van der Waals surface area contributed by atoms with Crippen molar-refractivity contribution in [1.82, 2.24) is 0 Å². The molecule has 0 saturated heterocycles. The first kappa shape index (κ1) is 18.6. The first-order valence-corrected chi connectivity index (χ1v) is 10.6. The van der Waals surface area contributed by atoms with Gasteiger partial charge in [-0.15, -0.1) is 11.3 Å². The Bertz CT molecular complexity index is 940. The number of nitrogens with zero attached hydrogens (tertiary/aromatic N) is 1. The van der Waals surface area contributed by atoms with Crippen LogP contribution in [-0.4, -0.2) is 18.4 Å². The Hall–Kier alpha value is -1.73. The molecule has 0 spiro atoms. The highest BCUT2D eigenvalue weighted by Gasteiger charge is 2.33. The minimum absolute atomic E-state index is 0.0108. The van der Waals surface area contributed by atoms with Crippen molar-refractivity contribution in [2.45, 2.75) is 45.6 Å². The minimum atomic E-state index is -0.437. The molecule has 0 unspecified atom stereocenters. The van der Waals surface area contributed by atoms with Gasteiger partial charge in [-0.2, -0.15) is 0 Å². The highest BCUT2D eigenvalue weighted by molar-refractivity contribution is 9.10. The van der Waals surface area contributed by atoms with E-state index in [0.29, 0.717) is 22.3 Å². The molecule has 1 aliphatic carbocycles. The Morgan fingerprint density at radius 1 is 1.26 bits per heavy atom. The summed E-state index contributed by atoms with van der Waals surface area (Å²) in [7, 11) is 0. The van der Waals surface area contributed by atoms with Gasteiger partial charge in [0.2, 0.25) is 0 Å². The average Bonchev–Trinajstić information content (AvgIpc) is 3.00. The summed E-state index contributed by atoms with van der Waals surface area (Å²) in [6.07, 6.45) is 5.22. The van der Waals surface area contributed by atoms with Gasteiger partial charge in [0.25, 0.3) is 5.91 Å². The van der Waals surface area contributed by atoms with Gasteiger partial charge in [-0.25, -0.2) is 4.39 Å². The summed E-state index contributed by atoms with van der Waals surface area (Å²) in [4.78, 5) is 28.2. The molecule has 1 aromatic carbocycles. The molecule has 1 aromatic heterocycles. The van der Waals surface area contributed by atoms with Crippen LogP contribution in [0, 0.1) is 5.82 Å². The van der Waals surface area contributed by atoms with E-state index in [4.69, 9.17) is 4.74 Å². The van der Waals surface area contributed by atoms with Crippen molar-refractivity contribution in [3.8, 4) is 0 Å². The van der Waals surface area contributed by atoms with Crippen LogP contribution in [0.3, 0.4) is 0 Å². The molecule has 0 atom stereocenters. The number of hydrogen-bond acceptors (Lipinski definition) is 4. The maximum atomic E-state index is 14.1. The number of aryl methyl sites for hydroxylation is 1. The van der Waals surface area contributed by atoms with E-state index >= 15 is 0 Å². The number of benzene rings is 1. The third-order valence-corrected chi connectivity index (χ3v) is 7.18. The number of rotatable bonds is 3. The van der Waals surface area contributed by atoms with Gasteiger partial charge in [-0.3, -0.25) is 9.59 Å². The van der Waals surface area contributed by atoms with Crippen molar-refractivity contribution in [2.24, 2.45) is 0 Å². The van der Waals surface area contributed by atoms with Crippen LogP contribution in [0.4, 0.5) is 10.1 Å². The predicted octanol–water partition coefficient (Wildman–Crippen LogP) is 4.79. The lowest BCUT2D eigenvalue weighted by molar-refractivity contribution is -0.142. The zero-order valence-electron chi connectivity index (χ0n) is 14.9. The van der Waals surface area contributed by atoms with Gasteiger partial charge in [0.05, 0.1) is 10.6 Å². The summed E-state index contributed by atoms with van der Waals surface area (Å²) < 4.78 is 19.7. The normalized spacial score (nSPS) is 16.1. The molecule has 0 saturated carbocycles. The Morgan fingerprint density at radius 2 is 2.04 bits per heavy atom. The number of carbonyl (C=O) groups excluding carboxylic acids is 2. The lowest BCUT2D eigenvalue weighted by Crippen LogP contribution is -2.37. The third-order valence-electron chi connectivity index (χ3n) is 5.15. The molecule has 2 aromatic rings. The Kier molecular flexibility index (Phi) is 5.07. The van der Waals surface area contributed by atoms with Crippen LogP contribution in [0.1, 0.15) is 51.0 Å². The van der Waals surface area contributed by atoms with E-state index in [1.165, 1.54) is 47.9 Å². The molecule has 0 radical (unpaired) electrons. The van der Waals surface area contributed by atoms with E-state index in [0.717, 1.165) is 24.1 Å². The second-order valence-electron chi connectivity index (χ2n) is 6.89. The zero-order valence-corrected chi connectivity index (χ0v) is 17.3. The predicted molar refractivity (Wildman–Crippen MR) is 106 cm³/mol. The first-order valence-electron chi connectivity index (χ1n) is 9.02. The highest BCUT2D eigenvalue weighted by atomic mass is 79.9. The molecular weight excluding hydrogens is 433 g/mol. The van der Waals surface area contributed by atoms with Gasteiger partial charge >= 0.3 is 5.97 Å². The number of thiophene rings is 1. The van der Waals surface area contributed by atoms with Crippen LogP contribution in [0.2, 0.25) is 0 Å². The van der Waals surface area contributed by atoms with Crippen molar-refractivity contribution >= 4 is 44.8 Å². The standard InChI is InChI=1S/C20H19BrFNO3S/c1-11(24)26-10-15-16(21)8-12(22)9-17(15)23-7-6-14-13-4-2-3-5-18(13)27-19(14)20(23)25/h8-9H,2-7,10H2,1H3. The lowest BCUT2D eigenvalue weighted by Gasteiger charge is -2.29. The van der Waals surface area contributed by atoms with Gasteiger partial charge in [0, 0.05) is 28.4 Å². The Labute approximate surface area is 169 Å². The summed E-state index contributed by atoms with van der Waals surface area (Å²) in [6, 6.07) is 2.67. The molecule has 2 aliphatic rings. The molecule has 2 heterocycles. The number of amides is 1. The third kappa shape index (κ3) is 3.43. The van der Waals surface area contributed by atoms with E-state index in [1.54, 1.807) is 16.2 Å². The Balaban J connectivity index is 1.73. The monoisotopic (exact) mass is 451 g/mol. The molecule has 7 heteroatoms. The molecule has 0 N–H and O–H groups in total. The van der Waals surface area contributed by atoms with Gasteiger partial charge in [0.15, 0.2) is 0 Å². The van der Waals surface area contributed by atoms with Crippen LogP contribution in [-0.2, 0) is 35.4 Å². The molecule has 142 valence electrons. The topological polar surface area (TPSA) is 46.6 Å². The van der Waals surface area contributed by atoms with Gasteiger partial charge < -0.3 is 9.64 Å². The van der Waals surface area contributed by atoms with Crippen LogP contribution in [0.25, 0.3) is 0 Å². The average molecular weight is 452 g/mol. The number of carbonyl (C=O) groups is 2. The van der Waals surface area contributed by atoms with E-state index in [1.807, 2.05) is 0 Å². The lowest BCUT2D eigenvalue weighted by atomic mass is 9.92. The Morgan fingerprint density at radius 3 is 2.81 bits per heavy atom. The number of esters is 1. The molecular formula is C20H19BrFNO3S. The van der Waals surface area contributed by atoms with Gasteiger partial charge in [-0.1, -0.05) is 15.9 Å². The van der Waals surface area contributed by atoms with E-state index < -0.39 is 11.8 Å². The number of fused-ring (bicyclic) bond motifs is 3. The minimum Gasteiger partial charge on any atom is -0.461 e. The smallest absolute Gasteiger partial charge is 0.302 e. The number of anilines is 1. The quantitative estimate of drug-likeness (QED) is 0.629. The van der Waals surface area contributed by atoms with Crippen LogP contribution < -0.4 is 4.90 Å². The molecule has 4 rings (SSSR count). The summed E-state index contributed by atoms with van der Waals surface area (Å²) >= 11 is 4.94. The molecule has 0 fully saturated rings. The molecule has 0 bridgehead atoms. The van der Waals surface area contributed by atoms with Crippen molar-refractivity contribution in [3.63, 3.8) is 0 Å². The maximum Gasteiger partial charge on any atom is 0.302 e. The molecule has 1 aliphatic heterocycles. The zero-order chi connectivity index (χ0) is 19.1. The fourth-order valence-electron chi connectivity index (χ4n) is 3.89. The maximum absolute atomic E-state index is 14.1. The van der Waals surface area contributed by atoms with E-state index in [2.05, 4.69) is 15.9 Å². The van der Waals surface area contributed by atoms with Crippen LogP contribution in [0.5, 0.6) is 0 Å². The fourth-order valence-corrected chi connectivity index (χ4v) is 5.82. The number of ether oxygens (including phenoxy) is 1. The summed E-state index contributed by atoms with van der Waals surface area (Å²) in [5.41, 5.74) is 3.62. The number of hydrogen-bond donors (Lipinski definition) is 0. The second-order valence-corrected chi connectivity index (χ2v) is 8.85. The van der Waals surface area contributed by atoms with Crippen molar-refractivity contribution < 1.29 is 18.7 Å². The van der Waals surface area contributed by atoms with Crippen molar-refractivity contribution in [3.05, 3.63) is 48.9 Å². The SMILES string of the molecule is CC(=O)OCc1c(Br)cc(F)cc1N1CCc2c(sc3c2CCCC3)C1=O. The van der Waals surface area contributed by atoms with Crippen molar-refractivity contribution in [2.75, 3.05) is 11.4 Å². The van der Waals surface area contributed by atoms with Gasteiger partial charge in [0.1, 0.15) is 12.4 Å². The molecule has 27 heavy (non-hydrogen) atoms. The van der Waals surface area contributed by atoms with Crippen LogP contribution >= 0.6 is 27.3 Å². The largest absolute Gasteiger partial charge is 0.461 e. The summed E-state index contributed by atoms with van der Waals surface area (Å²) in [5.74, 6) is -0.944. The highest BCUT2D eigenvalue weighted by Crippen LogP contribution is 2.40. The van der Waals surface area contributed by atoms with E-state index in [9.17, 15) is 14.0 Å². The fraction of sp³-hybridized carbons (Fsp3) is 0.400. The first-order chi connectivity index (χ1) is 13.0. The second kappa shape index (κ2) is 7.36. The number of halogens is 2. The van der Waals surface area contributed by atoms with E-state index in [-0.39, 0.29) is 12.5 Å².